The Labute approximate surface area is 169 Å². The molecule has 2 fully saturated rings. The molecule has 0 aromatic heterocycles. The van der Waals surface area contributed by atoms with Crippen molar-refractivity contribution in [1.82, 2.24) is 0 Å². The fourth-order valence-electron chi connectivity index (χ4n) is 3.89. The minimum atomic E-state index is -1.01. The molecule has 1 aliphatic carbocycles. The van der Waals surface area contributed by atoms with Crippen LogP contribution in [0.2, 0.25) is 0 Å². The molecular formula is C22H23N3O4. The highest BCUT2D eigenvalue weighted by Gasteiger charge is 2.56. The predicted molar refractivity (Wildman–Crippen MR) is 109 cm³/mol. The molecule has 2 N–H and O–H groups in total. The first-order valence-corrected chi connectivity index (χ1v) is 10.0. The van der Waals surface area contributed by atoms with E-state index in [1.165, 1.54) is 18.5 Å². The highest BCUT2D eigenvalue weighted by molar-refractivity contribution is 6.17. The number of hydrogen-bond donors (Lipinski definition) is 2. The smallest absolute Gasteiger partial charge is 0.240 e. The number of rotatable bonds is 5. The van der Waals surface area contributed by atoms with Gasteiger partial charge in [-0.15, -0.1) is 0 Å². The summed E-state index contributed by atoms with van der Waals surface area (Å²) in [4.78, 5) is 28.0. The Morgan fingerprint density at radius 3 is 2.14 bits per heavy atom. The number of anilines is 3. The Balaban J connectivity index is 1.23. The third-order valence-corrected chi connectivity index (χ3v) is 5.85. The van der Waals surface area contributed by atoms with Crippen LogP contribution in [0.1, 0.15) is 25.7 Å². The number of nitrogens with one attached hydrogen (secondary N) is 2. The van der Waals surface area contributed by atoms with Gasteiger partial charge in [0.15, 0.2) is 11.5 Å². The van der Waals surface area contributed by atoms with Gasteiger partial charge >= 0.3 is 0 Å². The maximum absolute atomic E-state index is 12.8. The van der Waals surface area contributed by atoms with Gasteiger partial charge in [-0.2, -0.15) is 0 Å². The van der Waals surface area contributed by atoms with Crippen LogP contribution in [0, 0.1) is 5.41 Å². The van der Waals surface area contributed by atoms with Gasteiger partial charge in [-0.25, -0.2) is 0 Å². The normalized spacial score (nSPS) is 18.4. The van der Waals surface area contributed by atoms with Crippen molar-refractivity contribution in [1.29, 1.82) is 0 Å². The van der Waals surface area contributed by atoms with Gasteiger partial charge < -0.3 is 25.0 Å². The largest absolute Gasteiger partial charge is 0.454 e. The van der Waals surface area contributed by atoms with Gasteiger partial charge in [-0.3, -0.25) is 9.59 Å². The number of benzene rings is 2. The number of ether oxygens (including phenoxy) is 2. The van der Waals surface area contributed by atoms with E-state index < -0.39 is 5.41 Å². The molecule has 2 amide bonds. The first-order valence-electron chi connectivity index (χ1n) is 10.0. The number of carbonyl (C=O) groups is 2. The van der Waals surface area contributed by atoms with Crippen molar-refractivity contribution in [2.45, 2.75) is 25.7 Å². The quantitative estimate of drug-likeness (QED) is 0.762. The molecule has 5 rings (SSSR count). The zero-order valence-electron chi connectivity index (χ0n) is 16.1. The Hall–Kier alpha value is -3.22. The molecule has 2 aromatic carbocycles. The van der Waals surface area contributed by atoms with Gasteiger partial charge in [0.05, 0.1) is 0 Å². The van der Waals surface area contributed by atoms with Crippen LogP contribution < -0.4 is 25.0 Å². The SMILES string of the molecule is O=C(Nc1ccc(N2CCCC2)cc1)C1(C(=O)Nc2ccc3c(c2)OCO3)CC1. The van der Waals surface area contributed by atoms with Gasteiger partial charge in [0.1, 0.15) is 5.41 Å². The van der Waals surface area contributed by atoms with Crippen LogP contribution in [0.15, 0.2) is 42.5 Å². The maximum Gasteiger partial charge on any atom is 0.240 e. The second-order valence-electron chi connectivity index (χ2n) is 7.80. The first kappa shape index (κ1) is 17.8. The number of nitrogens with zero attached hydrogens (tertiary/aromatic N) is 1. The van der Waals surface area contributed by atoms with Crippen molar-refractivity contribution in [3.05, 3.63) is 42.5 Å². The van der Waals surface area contributed by atoms with E-state index in [1.54, 1.807) is 18.2 Å². The zero-order valence-corrected chi connectivity index (χ0v) is 16.1. The van der Waals surface area contributed by atoms with Crippen molar-refractivity contribution in [2.24, 2.45) is 5.41 Å². The Bertz CT molecular complexity index is 947. The average Bonchev–Trinajstić information content (AvgIpc) is 3.13. The Kier molecular flexibility index (Phi) is 4.30. The molecule has 0 unspecified atom stereocenters. The predicted octanol–water partition coefficient (Wildman–Crippen LogP) is 3.37. The lowest BCUT2D eigenvalue weighted by Gasteiger charge is -2.19. The molecule has 150 valence electrons. The maximum atomic E-state index is 12.8. The molecule has 3 aliphatic rings. The molecule has 2 heterocycles. The fraction of sp³-hybridized carbons (Fsp3) is 0.364. The van der Waals surface area contributed by atoms with Gasteiger partial charge in [-0.05, 0) is 62.1 Å². The van der Waals surface area contributed by atoms with Gasteiger partial charge in [0.2, 0.25) is 18.6 Å². The monoisotopic (exact) mass is 393 g/mol. The van der Waals surface area contributed by atoms with Gasteiger partial charge in [0.25, 0.3) is 0 Å². The van der Waals surface area contributed by atoms with Crippen LogP contribution in [0.5, 0.6) is 11.5 Å². The number of carbonyl (C=O) groups excluding carboxylic acids is 2. The molecule has 0 spiro atoms. The van der Waals surface area contributed by atoms with Crippen molar-refractivity contribution in [3.63, 3.8) is 0 Å². The lowest BCUT2D eigenvalue weighted by molar-refractivity contribution is -0.131. The summed E-state index contributed by atoms with van der Waals surface area (Å²) >= 11 is 0. The summed E-state index contributed by atoms with van der Waals surface area (Å²) in [6, 6.07) is 13.1. The summed E-state index contributed by atoms with van der Waals surface area (Å²) < 4.78 is 10.6. The number of amides is 2. The molecule has 1 saturated heterocycles. The highest BCUT2D eigenvalue weighted by Crippen LogP contribution is 2.48. The molecule has 7 nitrogen and oxygen atoms in total. The lowest BCUT2D eigenvalue weighted by Crippen LogP contribution is -2.35. The summed E-state index contributed by atoms with van der Waals surface area (Å²) in [6.07, 6.45) is 3.53. The average molecular weight is 393 g/mol. The summed E-state index contributed by atoms with van der Waals surface area (Å²) in [6.45, 7) is 2.33. The fourth-order valence-corrected chi connectivity index (χ4v) is 3.89. The van der Waals surface area contributed by atoms with E-state index in [1.807, 2.05) is 24.3 Å². The molecule has 2 aromatic rings. The van der Waals surface area contributed by atoms with Crippen molar-refractivity contribution in [2.75, 3.05) is 35.4 Å². The van der Waals surface area contributed by atoms with Crippen LogP contribution in [0.3, 0.4) is 0 Å². The summed E-state index contributed by atoms with van der Waals surface area (Å²) in [5, 5.41) is 5.75. The lowest BCUT2D eigenvalue weighted by atomic mass is 10.0. The molecule has 2 aliphatic heterocycles. The molecule has 1 saturated carbocycles. The van der Waals surface area contributed by atoms with Gasteiger partial charge in [0, 0.05) is 36.2 Å². The third kappa shape index (κ3) is 3.37. The van der Waals surface area contributed by atoms with Crippen LogP contribution in [-0.2, 0) is 9.59 Å². The minimum Gasteiger partial charge on any atom is -0.454 e. The van der Waals surface area contributed by atoms with Crippen LogP contribution in [-0.4, -0.2) is 31.7 Å². The second-order valence-corrected chi connectivity index (χ2v) is 7.80. The minimum absolute atomic E-state index is 0.176. The van der Waals surface area contributed by atoms with Crippen LogP contribution in [0.25, 0.3) is 0 Å². The van der Waals surface area contributed by atoms with Crippen molar-refractivity contribution >= 4 is 28.9 Å². The van der Waals surface area contributed by atoms with E-state index in [0.29, 0.717) is 35.7 Å². The Morgan fingerprint density at radius 2 is 1.45 bits per heavy atom. The summed E-state index contributed by atoms with van der Waals surface area (Å²) in [7, 11) is 0. The zero-order chi connectivity index (χ0) is 19.8. The van der Waals surface area contributed by atoms with E-state index in [4.69, 9.17) is 9.47 Å². The van der Waals surface area contributed by atoms with E-state index in [9.17, 15) is 9.59 Å². The number of hydrogen-bond acceptors (Lipinski definition) is 5. The molecule has 7 heteroatoms. The van der Waals surface area contributed by atoms with E-state index >= 15 is 0 Å². The van der Waals surface area contributed by atoms with E-state index in [-0.39, 0.29) is 18.6 Å². The topological polar surface area (TPSA) is 79.9 Å². The first-order chi connectivity index (χ1) is 14.1. The van der Waals surface area contributed by atoms with E-state index in [2.05, 4.69) is 15.5 Å². The van der Waals surface area contributed by atoms with Crippen molar-refractivity contribution < 1.29 is 19.1 Å². The van der Waals surface area contributed by atoms with Crippen LogP contribution >= 0.6 is 0 Å². The standard InChI is InChI=1S/C22H23N3O4/c26-20(23-15-3-6-17(7-4-15)25-11-1-2-12-25)22(9-10-22)21(27)24-16-5-8-18-19(13-16)29-14-28-18/h3-8,13H,1-2,9-12,14H2,(H,23,26)(H,24,27). The van der Waals surface area contributed by atoms with Gasteiger partial charge in [-0.1, -0.05) is 0 Å². The summed E-state index contributed by atoms with van der Waals surface area (Å²) in [5.41, 5.74) is 1.46. The highest BCUT2D eigenvalue weighted by atomic mass is 16.7. The second kappa shape index (κ2) is 6.99. The Morgan fingerprint density at radius 1 is 0.828 bits per heavy atom. The van der Waals surface area contributed by atoms with Crippen molar-refractivity contribution in [3.8, 4) is 11.5 Å². The molecule has 0 radical (unpaired) electrons. The van der Waals surface area contributed by atoms with E-state index in [0.717, 1.165) is 13.1 Å². The molecular weight excluding hydrogens is 370 g/mol. The number of fused-ring (bicyclic) bond motifs is 1. The van der Waals surface area contributed by atoms with Crippen LogP contribution in [0.4, 0.5) is 17.1 Å². The molecule has 0 atom stereocenters. The summed E-state index contributed by atoms with van der Waals surface area (Å²) in [5.74, 6) is 0.696. The molecule has 0 bridgehead atoms. The third-order valence-electron chi connectivity index (χ3n) is 5.85. The molecule has 29 heavy (non-hydrogen) atoms.